The Hall–Kier alpha value is -2.14. The van der Waals surface area contributed by atoms with Gasteiger partial charge in [0.2, 0.25) is 0 Å². The van der Waals surface area contributed by atoms with Crippen LogP contribution < -0.4 is 0 Å². The fraction of sp³-hybridized carbons (Fsp3) is 0.853. The van der Waals surface area contributed by atoms with Crippen molar-refractivity contribution in [3.63, 3.8) is 0 Å². The van der Waals surface area contributed by atoms with Gasteiger partial charge < -0.3 is 14.6 Å². The molecule has 0 amide bonds. The molecule has 428 valence electrons. The summed E-state index contributed by atoms with van der Waals surface area (Å²) in [6, 6.07) is 0. The summed E-state index contributed by atoms with van der Waals surface area (Å²) in [5.41, 5.74) is 0. The van der Waals surface area contributed by atoms with Crippen LogP contribution in [0.5, 0.6) is 0 Å². The Morgan fingerprint density at radius 3 is 0.890 bits per heavy atom. The molecule has 0 bridgehead atoms. The highest BCUT2D eigenvalue weighted by Crippen LogP contribution is 2.19. The number of aliphatic hydroxyl groups excluding tert-OH is 1. The smallest absolute Gasteiger partial charge is 0.306 e. The number of carbonyl (C=O) groups excluding carboxylic acids is 2. The predicted octanol–water partition coefficient (Wildman–Crippen LogP) is 22.4. The number of unbranched alkanes of at least 4 members (excludes halogenated alkanes) is 45. The molecule has 0 heterocycles. The highest BCUT2D eigenvalue weighted by Gasteiger charge is 2.16. The number of allylic oxidation sites excluding steroid dienone is 8. The van der Waals surface area contributed by atoms with E-state index in [1.165, 1.54) is 270 Å². The van der Waals surface area contributed by atoms with Crippen molar-refractivity contribution >= 4 is 11.9 Å². The van der Waals surface area contributed by atoms with Gasteiger partial charge in [-0.1, -0.05) is 339 Å². The topological polar surface area (TPSA) is 72.8 Å². The second-order valence-electron chi connectivity index (χ2n) is 22.2. The standard InChI is InChI=1S/C68H126O5/c1-3-5-7-9-11-13-15-17-19-21-23-25-27-29-31-32-33-34-35-36-37-39-41-43-45-47-49-51-53-55-57-59-61-63-68(71)73-66(64-69)65-72-67(70)62-60-58-56-54-52-50-48-46-44-42-40-38-30-28-26-24-22-20-18-16-14-12-10-8-6-4-2/h5,7,11,13,17,19,23,25,66,69H,3-4,6,8-10,12,14-16,18,20-22,24,26-65H2,1-2H3/b7-5-,13-11-,19-17-,25-23-. The van der Waals surface area contributed by atoms with Gasteiger partial charge in [0.1, 0.15) is 6.61 Å². The van der Waals surface area contributed by atoms with Crippen molar-refractivity contribution in [1.82, 2.24) is 0 Å². The summed E-state index contributed by atoms with van der Waals surface area (Å²) in [4.78, 5) is 24.6. The van der Waals surface area contributed by atoms with E-state index in [9.17, 15) is 14.7 Å². The van der Waals surface area contributed by atoms with Gasteiger partial charge in [-0.05, 0) is 51.4 Å². The number of ether oxygens (including phenoxy) is 2. The van der Waals surface area contributed by atoms with Crippen LogP contribution in [0.4, 0.5) is 0 Å². The SMILES string of the molecule is CC/C=C\C/C=C\C/C=C\C/C=C\CCCCCCCCCCCCCCCCCCCCCCC(=O)OC(CO)COC(=O)CCCCCCCCCCCCCCCCCCCCCCCCCCCC. The fourth-order valence-electron chi connectivity index (χ4n) is 10.0. The zero-order valence-electron chi connectivity index (χ0n) is 49.2. The zero-order valence-corrected chi connectivity index (χ0v) is 49.2. The van der Waals surface area contributed by atoms with Crippen LogP contribution in [-0.4, -0.2) is 36.4 Å². The summed E-state index contributed by atoms with van der Waals surface area (Å²) in [5, 5.41) is 9.69. The van der Waals surface area contributed by atoms with E-state index < -0.39 is 6.10 Å². The summed E-state index contributed by atoms with van der Waals surface area (Å²) in [6.45, 7) is 4.09. The van der Waals surface area contributed by atoms with Crippen LogP contribution in [-0.2, 0) is 19.1 Å². The Bertz CT molecular complexity index is 1200. The van der Waals surface area contributed by atoms with E-state index in [2.05, 4.69) is 62.5 Å². The maximum absolute atomic E-state index is 12.3. The largest absolute Gasteiger partial charge is 0.462 e. The molecule has 0 spiro atoms. The number of esters is 2. The van der Waals surface area contributed by atoms with Gasteiger partial charge in [0.05, 0.1) is 6.61 Å². The first-order valence-electron chi connectivity index (χ1n) is 32.7. The van der Waals surface area contributed by atoms with Crippen molar-refractivity contribution < 1.29 is 24.2 Å². The summed E-state index contributed by atoms with van der Waals surface area (Å²) in [6.07, 6.45) is 85.6. The lowest BCUT2D eigenvalue weighted by molar-refractivity contribution is -0.161. The van der Waals surface area contributed by atoms with E-state index in [4.69, 9.17) is 9.47 Å². The van der Waals surface area contributed by atoms with Gasteiger partial charge in [-0.25, -0.2) is 0 Å². The number of rotatable bonds is 61. The monoisotopic (exact) mass is 1020 g/mol. The number of carbonyl (C=O) groups is 2. The molecular formula is C68H126O5. The van der Waals surface area contributed by atoms with Crippen LogP contribution in [0, 0.1) is 0 Å². The van der Waals surface area contributed by atoms with E-state index in [-0.39, 0.29) is 25.2 Å². The highest BCUT2D eigenvalue weighted by molar-refractivity contribution is 5.70. The molecule has 73 heavy (non-hydrogen) atoms. The molecule has 0 aliphatic carbocycles. The summed E-state index contributed by atoms with van der Waals surface area (Å²) >= 11 is 0. The number of aliphatic hydroxyl groups is 1. The molecule has 1 N–H and O–H groups in total. The maximum Gasteiger partial charge on any atom is 0.306 e. The van der Waals surface area contributed by atoms with Crippen LogP contribution in [0.1, 0.15) is 354 Å². The van der Waals surface area contributed by atoms with Crippen LogP contribution in [0.25, 0.3) is 0 Å². The number of hydrogen-bond acceptors (Lipinski definition) is 5. The molecule has 0 aliphatic rings. The van der Waals surface area contributed by atoms with Crippen molar-refractivity contribution in [2.45, 2.75) is 360 Å². The van der Waals surface area contributed by atoms with Crippen LogP contribution >= 0.6 is 0 Å². The van der Waals surface area contributed by atoms with Gasteiger partial charge in [0, 0.05) is 12.8 Å². The van der Waals surface area contributed by atoms with Gasteiger partial charge in [-0.2, -0.15) is 0 Å². The third-order valence-electron chi connectivity index (χ3n) is 14.9. The summed E-state index contributed by atoms with van der Waals surface area (Å²) in [5.74, 6) is -0.567. The third kappa shape index (κ3) is 62.3. The van der Waals surface area contributed by atoms with Crippen molar-refractivity contribution in [2.24, 2.45) is 0 Å². The Balaban J connectivity index is 3.40. The average Bonchev–Trinajstić information content (AvgIpc) is 3.39. The van der Waals surface area contributed by atoms with E-state index in [0.29, 0.717) is 12.8 Å². The summed E-state index contributed by atoms with van der Waals surface area (Å²) in [7, 11) is 0. The molecule has 0 rings (SSSR count). The van der Waals surface area contributed by atoms with E-state index in [0.717, 1.165) is 57.8 Å². The van der Waals surface area contributed by atoms with Gasteiger partial charge in [-0.15, -0.1) is 0 Å². The second-order valence-corrected chi connectivity index (χ2v) is 22.2. The van der Waals surface area contributed by atoms with Crippen molar-refractivity contribution in [3.05, 3.63) is 48.6 Å². The Labute approximate surface area is 456 Å². The number of hydrogen-bond donors (Lipinski definition) is 1. The van der Waals surface area contributed by atoms with Crippen molar-refractivity contribution in [2.75, 3.05) is 13.2 Å². The van der Waals surface area contributed by atoms with Crippen molar-refractivity contribution in [3.8, 4) is 0 Å². The minimum atomic E-state index is -0.770. The highest BCUT2D eigenvalue weighted by atomic mass is 16.6. The first-order chi connectivity index (χ1) is 36.1. The predicted molar refractivity (Wildman–Crippen MR) is 321 cm³/mol. The average molecular weight is 1020 g/mol. The molecule has 0 fully saturated rings. The van der Waals surface area contributed by atoms with Crippen molar-refractivity contribution in [1.29, 1.82) is 0 Å². The lowest BCUT2D eigenvalue weighted by Crippen LogP contribution is -2.28. The Kier molecular flexibility index (Phi) is 62.3. The lowest BCUT2D eigenvalue weighted by Gasteiger charge is -2.15. The Morgan fingerprint density at radius 1 is 0.329 bits per heavy atom. The quantitative estimate of drug-likeness (QED) is 0.0373. The Morgan fingerprint density at radius 2 is 0.589 bits per heavy atom. The molecule has 0 aromatic rings. The van der Waals surface area contributed by atoms with Crippen LogP contribution in [0.15, 0.2) is 48.6 Å². The molecule has 0 radical (unpaired) electrons. The molecule has 1 atom stereocenters. The van der Waals surface area contributed by atoms with Crippen LogP contribution in [0.3, 0.4) is 0 Å². The molecule has 0 aliphatic heterocycles. The van der Waals surface area contributed by atoms with E-state index in [1.807, 2.05) is 0 Å². The van der Waals surface area contributed by atoms with Gasteiger partial charge >= 0.3 is 11.9 Å². The van der Waals surface area contributed by atoms with E-state index in [1.54, 1.807) is 0 Å². The van der Waals surface area contributed by atoms with Gasteiger partial charge in [0.25, 0.3) is 0 Å². The molecule has 0 aromatic carbocycles. The zero-order chi connectivity index (χ0) is 52.7. The summed E-state index contributed by atoms with van der Waals surface area (Å²) < 4.78 is 10.8. The minimum absolute atomic E-state index is 0.0594. The molecule has 5 heteroatoms. The first kappa shape index (κ1) is 70.9. The molecule has 0 saturated heterocycles. The normalized spacial score (nSPS) is 12.4. The fourth-order valence-corrected chi connectivity index (χ4v) is 10.0. The van der Waals surface area contributed by atoms with Crippen LogP contribution in [0.2, 0.25) is 0 Å². The van der Waals surface area contributed by atoms with Gasteiger partial charge in [-0.3, -0.25) is 9.59 Å². The second kappa shape index (κ2) is 64.1. The van der Waals surface area contributed by atoms with Gasteiger partial charge in [0.15, 0.2) is 6.10 Å². The minimum Gasteiger partial charge on any atom is -0.462 e. The molecule has 0 aromatic heterocycles. The molecule has 0 saturated carbocycles. The first-order valence-corrected chi connectivity index (χ1v) is 32.7. The molecular weight excluding hydrogens is 897 g/mol. The van der Waals surface area contributed by atoms with E-state index >= 15 is 0 Å². The lowest BCUT2D eigenvalue weighted by atomic mass is 10.0. The maximum atomic E-state index is 12.3. The molecule has 5 nitrogen and oxygen atoms in total. The third-order valence-corrected chi connectivity index (χ3v) is 14.9. The molecule has 1 unspecified atom stereocenters.